The van der Waals surface area contributed by atoms with Crippen molar-refractivity contribution in [3.8, 4) is 0 Å². The fraction of sp³-hybridized carbons (Fsp3) is 0.250. The molecule has 0 spiro atoms. The number of ether oxygens (including phenoxy) is 1. The quantitative estimate of drug-likeness (QED) is 0.234. The van der Waals surface area contributed by atoms with Crippen LogP contribution in [0.25, 0.3) is 0 Å². The topological polar surface area (TPSA) is 120 Å². The minimum atomic E-state index is -3.63. The SMILES string of the molecule is C=CCn1c(CS(=O)(=O)c2ccc(C)cc2)nnc1SCC(=O)Nc1cccc(C(=O)OCC)c1. The van der Waals surface area contributed by atoms with Gasteiger partial charge in [0.15, 0.2) is 15.0 Å². The van der Waals surface area contributed by atoms with Crippen LogP contribution in [0.4, 0.5) is 5.69 Å². The van der Waals surface area contributed by atoms with Crippen molar-refractivity contribution >= 4 is 39.2 Å². The van der Waals surface area contributed by atoms with E-state index in [9.17, 15) is 18.0 Å². The molecule has 35 heavy (non-hydrogen) atoms. The number of anilines is 1. The second kappa shape index (κ2) is 11.8. The minimum Gasteiger partial charge on any atom is -0.462 e. The van der Waals surface area contributed by atoms with Crippen LogP contribution in [-0.4, -0.2) is 47.4 Å². The molecule has 0 unspecified atom stereocenters. The third-order valence-corrected chi connectivity index (χ3v) is 7.39. The number of thioether (sulfide) groups is 1. The zero-order valence-electron chi connectivity index (χ0n) is 19.4. The summed E-state index contributed by atoms with van der Waals surface area (Å²) < 4.78 is 32.3. The van der Waals surface area contributed by atoms with Gasteiger partial charge < -0.3 is 14.6 Å². The minimum absolute atomic E-state index is 0.00359. The van der Waals surface area contributed by atoms with Crippen LogP contribution in [-0.2, 0) is 31.7 Å². The number of esters is 1. The first-order valence-electron chi connectivity index (χ1n) is 10.8. The molecule has 1 heterocycles. The maximum absolute atomic E-state index is 12.9. The summed E-state index contributed by atoms with van der Waals surface area (Å²) in [5, 5.41) is 11.3. The highest BCUT2D eigenvalue weighted by molar-refractivity contribution is 7.99. The number of allylic oxidation sites excluding steroid dienone is 1. The van der Waals surface area contributed by atoms with E-state index in [-0.39, 0.29) is 41.3 Å². The van der Waals surface area contributed by atoms with Crippen LogP contribution in [0.15, 0.2) is 71.2 Å². The van der Waals surface area contributed by atoms with Crippen molar-refractivity contribution < 1.29 is 22.7 Å². The second-order valence-electron chi connectivity index (χ2n) is 7.51. The van der Waals surface area contributed by atoms with Crippen LogP contribution in [0.1, 0.15) is 28.7 Å². The van der Waals surface area contributed by atoms with Gasteiger partial charge in [-0.1, -0.05) is 41.6 Å². The first-order chi connectivity index (χ1) is 16.7. The average molecular weight is 515 g/mol. The van der Waals surface area contributed by atoms with E-state index in [2.05, 4.69) is 22.1 Å². The van der Waals surface area contributed by atoms with Crippen molar-refractivity contribution in [3.05, 3.63) is 78.1 Å². The van der Waals surface area contributed by atoms with Crippen LogP contribution in [0, 0.1) is 6.92 Å². The van der Waals surface area contributed by atoms with Crippen LogP contribution >= 0.6 is 11.8 Å². The molecule has 0 saturated heterocycles. The van der Waals surface area contributed by atoms with Crippen molar-refractivity contribution in [2.75, 3.05) is 17.7 Å². The van der Waals surface area contributed by atoms with E-state index in [4.69, 9.17) is 4.74 Å². The summed E-state index contributed by atoms with van der Waals surface area (Å²) in [6, 6.07) is 13.1. The van der Waals surface area contributed by atoms with Gasteiger partial charge in [-0.3, -0.25) is 4.79 Å². The number of amides is 1. The Morgan fingerprint density at radius 1 is 1.17 bits per heavy atom. The van der Waals surface area contributed by atoms with Crippen molar-refractivity contribution in [3.63, 3.8) is 0 Å². The number of hydrogen-bond acceptors (Lipinski definition) is 8. The average Bonchev–Trinajstić information content (AvgIpc) is 3.19. The number of rotatable bonds is 11. The Morgan fingerprint density at radius 3 is 2.60 bits per heavy atom. The first-order valence-corrected chi connectivity index (χ1v) is 13.4. The van der Waals surface area contributed by atoms with Crippen molar-refractivity contribution in [1.29, 1.82) is 0 Å². The summed E-state index contributed by atoms with van der Waals surface area (Å²) in [6.45, 7) is 7.86. The fourth-order valence-electron chi connectivity index (χ4n) is 3.11. The van der Waals surface area contributed by atoms with Crippen LogP contribution < -0.4 is 5.32 Å². The van der Waals surface area contributed by atoms with Gasteiger partial charge in [-0.2, -0.15) is 0 Å². The Labute approximate surface area is 208 Å². The smallest absolute Gasteiger partial charge is 0.338 e. The molecular weight excluding hydrogens is 488 g/mol. The van der Waals surface area contributed by atoms with E-state index >= 15 is 0 Å². The second-order valence-corrected chi connectivity index (χ2v) is 10.4. The molecule has 0 fully saturated rings. The predicted molar refractivity (Wildman–Crippen MR) is 134 cm³/mol. The Bertz CT molecular complexity index is 1320. The van der Waals surface area contributed by atoms with Crippen LogP contribution in [0.2, 0.25) is 0 Å². The zero-order valence-corrected chi connectivity index (χ0v) is 21.1. The molecule has 0 atom stereocenters. The summed E-state index contributed by atoms with van der Waals surface area (Å²) >= 11 is 1.12. The van der Waals surface area contributed by atoms with Gasteiger partial charge in [0.2, 0.25) is 5.91 Å². The van der Waals surface area contributed by atoms with Gasteiger partial charge in [-0.15, -0.1) is 16.8 Å². The number of aryl methyl sites for hydroxylation is 1. The number of carbonyl (C=O) groups excluding carboxylic acids is 2. The number of carbonyl (C=O) groups is 2. The zero-order chi connectivity index (χ0) is 25.4. The highest BCUT2D eigenvalue weighted by atomic mass is 32.2. The van der Waals surface area contributed by atoms with Crippen molar-refractivity contribution in [2.45, 2.75) is 36.2 Å². The lowest BCUT2D eigenvalue weighted by Gasteiger charge is -2.09. The standard InChI is InChI=1S/C24H26N4O5S2/c1-4-13-28-21(16-35(31,32)20-11-9-17(3)10-12-20)26-27-24(28)34-15-22(29)25-19-8-6-7-18(14-19)23(30)33-5-2/h4,6-12,14H,1,5,13,15-16H2,2-3H3,(H,25,29). The highest BCUT2D eigenvalue weighted by Crippen LogP contribution is 2.22. The molecule has 0 aliphatic heterocycles. The number of nitrogens with one attached hydrogen (secondary N) is 1. The molecule has 0 aliphatic rings. The molecule has 0 radical (unpaired) electrons. The maximum atomic E-state index is 12.9. The normalized spacial score (nSPS) is 11.1. The van der Waals surface area contributed by atoms with Gasteiger partial charge in [-0.05, 0) is 44.2 Å². The van der Waals surface area contributed by atoms with Gasteiger partial charge >= 0.3 is 5.97 Å². The van der Waals surface area contributed by atoms with Gasteiger partial charge in [0.25, 0.3) is 0 Å². The number of benzene rings is 2. The summed E-state index contributed by atoms with van der Waals surface area (Å²) in [7, 11) is -3.63. The molecule has 1 amide bonds. The van der Waals surface area contributed by atoms with Gasteiger partial charge in [0.1, 0.15) is 11.6 Å². The van der Waals surface area contributed by atoms with Crippen LogP contribution in [0.5, 0.6) is 0 Å². The van der Waals surface area contributed by atoms with E-state index in [1.54, 1.807) is 60.0 Å². The molecule has 9 nitrogen and oxygen atoms in total. The molecule has 0 saturated carbocycles. The summed E-state index contributed by atoms with van der Waals surface area (Å²) in [5.41, 5.74) is 1.75. The lowest BCUT2D eigenvalue weighted by molar-refractivity contribution is -0.113. The Kier molecular flexibility index (Phi) is 8.83. The van der Waals surface area contributed by atoms with Crippen molar-refractivity contribution in [2.24, 2.45) is 0 Å². The third kappa shape index (κ3) is 7.03. The van der Waals surface area contributed by atoms with Gasteiger partial charge in [0.05, 0.1) is 22.8 Å². The van der Waals surface area contributed by atoms with Crippen molar-refractivity contribution in [1.82, 2.24) is 14.8 Å². The lowest BCUT2D eigenvalue weighted by Crippen LogP contribution is -2.16. The molecule has 1 aromatic heterocycles. The molecular formula is C24H26N4O5S2. The van der Waals surface area contributed by atoms with Gasteiger partial charge in [-0.25, -0.2) is 13.2 Å². The first kappa shape index (κ1) is 26.2. The number of hydrogen-bond donors (Lipinski definition) is 1. The Hall–Kier alpha value is -3.44. The van der Waals surface area contributed by atoms with E-state index in [1.807, 2.05) is 6.92 Å². The molecule has 0 aliphatic carbocycles. The predicted octanol–water partition coefficient (Wildman–Crippen LogP) is 3.65. The largest absolute Gasteiger partial charge is 0.462 e. The van der Waals surface area contributed by atoms with Crippen LogP contribution in [0.3, 0.4) is 0 Å². The van der Waals surface area contributed by atoms with Gasteiger partial charge in [0, 0.05) is 12.2 Å². The number of sulfone groups is 1. The number of nitrogens with zero attached hydrogens (tertiary/aromatic N) is 3. The maximum Gasteiger partial charge on any atom is 0.338 e. The summed E-state index contributed by atoms with van der Waals surface area (Å²) in [5.74, 6) is -0.856. The third-order valence-electron chi connectivity index (χ3n) is 4.79. The molecule has 2 aromatic carbocycles. The number of aromatic nitrogens is 3. The monoisotopic (exact) mass is 514 g/mol. The molecule has 1 N–H and O–H groups in total. The molecule has 3 rings (SSSR count). The lowest BCUT2D eigenvalue weighted by atomic mass is 10.2. The van der Waals surface area contributed by atoms with E-state index in [0.29, 0.717) is 16.4 Å². The summed E-state index contributed by atoms with van der Waals surface area (Å²) in [4.78, 5) is 24.6. The molecule has 11 heteroatoms. The Balaban J connectivity index is 1.68. The highest BCUT2D eigenvalue weighted by Gasteiger charge is 2.22. The molecule has 3 aromatic rings. The van der Waals surface area contributed by atoms with E-state index in [1.165, 1.54) is 6.07 Å². The van der Waals surface area contributed by atoms with E-state index in [0.717, 1.165) is 17.3 Å². The summed E-state index contributed by atoms with van der Waals surface area (Å²) in [6.07, 6.45) is 1.61. The fourth-order valence-corrected chi connectivity index (χ4v) is 5.15. The van der Waals surface area contributed by atoms with E-state index < -0.39 is 15.8 Å². The molecule has 184 valence electrons. The molecule has 0 bridgehead atoms. The Morgan fingerprint density at radius 2 is 1.91 bits per heavy atom.